The summed E-state index contributed by atoms with van der Waals surface area (Å²) in [6, 6.07) is -1.56. The van der Waals surface area contributed by atoms with Crippen molar-refractivity contribution >= 4 is 17.7 Å². The number of fused-ring (bicyclic) bond motifs is 1. The zero-order valence-electron chi connectivity index (χ0n) is 17.4. The maximum absolute atomic E-state index is 12.7. The summed E-state index contributed by atoms with van der Waals surface area (Å²) in [5, 5.41) is 0. The SMILES string of the molecule is [2H]C([2H])([2H])C(=O)CCCCN1C(=O)C2C(C)=CCC2N(C([2H])([2H])[2H])C1=O. The van der Waals surface area contributed by atoms with E-state index in [1.165, 1.54) is 0 Å². The van der Waals surface area contributed by atoms with E-state index in [0.29, 0.717) is 6.42 Å². The average Bonchev–Trinajstić information content (AvgIpc) is 2.85. The topological polar surface area (TPSA) is 57.7 Å². The molecule has 0 bridgehead atoms. The molecule has 0 aromatic carbocycles. The fraction of sp³-hybridized carbons (Fsp3) is 0.667. The monoisotopic (exact) mass is 284 g/mol. The van der Waals surface area contributed by atoms with E-state index in [9.17, 15) is 14.4 Å². The average molecular weight is 284 g/mol. The fourth-order valence-electron chi connectivity index (χ4n) is 2.78. The van der Waals surface area contributed by atoms with Crippen molar-refractivity contribution in [1.29, 1.82) is 0 Å². The Labute approximate surface area is 128 Å². The summed E-state index contributed by atoms with van der Waals surface area (Å²) in [5.74, 6) is -1.97. The Kier molecular flexibility index (Phi) is 2.48. The molecule has 1 fully saturated rings. The standard InChI is InChI=1S/C15H22N2O3/c1-10-7-8-12-13(10)14(19)17(15(20)16(12)3)9-5-4-6-11(2)18/h7,12-13H,4-6,8-9H2,1-3H3/i2D3,3D3. The molecule has 2 rings (SSSR count). The number of nitrogens with zero attached hydrogens (tertiary/aromatic N) is 2. The molecule has 1 aliphatic carbocycles. The minimum atomic E-state index is -2.66. The molecule has 1 saturated heterocycles. The number of hydrogen-bond acceptors (Lipinski definition) is 3. The van der Waals surface area contributed by atoms with Gasteiger partial charge in [0.15, 0.2) is 0 Å². The van der Waals surface area contributed by atoms with E-state index in [2.05, 4.69) is 0 Å². The van der Waals surface area contributed by atoms with Crippen LogP contribution in [0.1, 0.15) is 47.7 Å². The van der Waals surface area contributed by atoms with Gasteiger partial charge in [-0.1, -0.05) is 11.6 Å². The lowest BCUT2D eigenvalue weighted by Gasteiger charge is -2.40. The van der Waals surface area contributed by atoms with Crippen molar-refractivity contribution in [2.45, 2.75) is 45.5 Å². The van der Waals surface area contributed by atoms with Crippen LogP contribution in [0.25, 0.3) is 0 Å². The number of carbonyl (C=O) groups is 3. The van der Waals surface area contributed by atoms with Crippen LogP contribution in [0.2, 0.25) is 0 Å². The van der Waals surface area contributed by atoms with Gasteiger partial charge in [0.2, 0.25) is 5.91 Å². The van der Waals surface area contributed by atoms with Gasteiger partial charge in [0.1, 0.15) is 5.78 Å². The molecule has 3 amide bonds. The normalized spacial score (nSPS) is 31.6. The molecular formula is C15H22N2O3. The van der Waals surface area contributed by atoms with E-state index < -0.39 is 43.5 Å². The van der Waals surface area contributed by atoms with Crippen molar-refractivity contribution in [1.82, 2.24) is 9.80 Å². The Bertz CT molecular complexity index is 640. The summed E-state index contributed by atoms with van der Waals surface area (Å²) in [6.45, 7) is -3.62. The maximum Gasteiger partial charge on any atom is 0.326 e. The highest BCUT2D eigenvalue weighted by Crippen LogP contribution is 2.35. The van der Waals surface area contributed by atoms with Crippen molar-refractivity contribution in [3.63, 3.8) is 0 Å². The van der Waals surface area contributed by atoms with Gasteiger partial charge in [0, 0.05) is 28.2 Å². The first-order valence-electron chi connectivity index (χ1n) is 9.70. The number of carbonyl (C=O) groups excluding carboxylic acids is 3. The predicted molar refractivity (Wildman–Crippen MR) is 75.1 cm³/mol. The largest absolute Gasteiger partial charge is 0.326 e. The first-order valence-corrected chi connectivity index (χ1v) is 6.70. The summed E-state index contributed by atoms with van der Waals surface area (Å²) < 4.78 is 44.0. The third-order valence-corrected chi connectivity index (χ3v) is 3.89. The molecule has 2 atom stereocenters. The molecule has 20 heavy (non-hydrogen) atoms. The molecule has 2 aliphatic rings. The Balaban J connectivity index is 2.07. The Morgan fingerprint density at radius 3 is 2.95 bits per heavy atom. The molecule has 5 heteroatoms. The van der Waals surface area contributed by atoms with Crippen molar-refractivity contribution < 1.29 is 22.6 Å². The number of hydrogen-bond donors (Lipinski definition) is 0. The fourth-order valence-corrected chi connectivity index (χ4v) is 2.78. The van der Waals surface area contributed by atoms with E-state index in [1.807, 2.05) is 0 Å². The number of ketones is 1. The van der Waals surface area contributed by atoms with Crippen LogP contribution < -0.4 is 0 Å². The zero-order chi connectivity index (χ0) is 19.9. The van der Waals surface area contributed by atoms with Gasteiger partial charge in [-0.2, -0.15) is 0 Å². The molecule has 0 radical (unpaired) electrons. The summed E-state index contributed by atoms with van der Waals surface area (Å²) >= 11 is 0. The molecular weight excluding hydrogens is 256 g/mol. The minimum absolute atomic E-state index is 0.0466. The molecule has 1 aliphatic heterocycles. The van der Waals surface area contributed by atoms with E-state index in [-0.39, 0.29) is 25.8 Å². The van der Waals surface area contributed by atoms with Gasteiger partial charge in [-0.25, -0.2) is 4.79 Å². The van der Waals surface area contributed by atoms with Crippen LogP contribution in [0.3, 0.4) is 0 Å². The lowest BCUT2D eigenvalue weighted by molar-refractivity contribution is -0.136. The molecule has 1 heterocycles. The zero-order valence-corrected chi connectivity index (χ0v) is 11.4. The summed E-state index contributed by atoms with van der Waals surface area (Å²) in [6.07, 6.45) is 2.35. The molecule has 0 saturated carbocycles. The molecule has 2 unspecified atom stereocenters. The second kappa shape index (κ2) is 5.77. The third-order valence-electron chi connectivity index (χ3n) is 3.89. The van der Waals surface area contributed by atoms with Crippen molar-refractivity contribution in [3.8, 4) is 0 Å². The first kappa shape index (κ1) is 8.60. The van der Waals surface area contributed by atoms with E-state index in [0.717, 1.165) is 15.4 Å². The van der Waals surface area contributed by atoms with Gasteiger partial charge >= 0.3 is 6.03 Å². The van der Waals surface area contributed by atoms with Gasteiger partial charge in [-0.3, -0.25) is 9.69 Å². The Morgan fingerprint density at radius 1 is 1.45 bits per heavy atom. The number of unbranched alkanes of at least 4 members (excludes halogenated alkanes) is 1. The first-order chi connectivity index (χ1) is 11.9. The highest BCUT2D eigenvalue weighted by molar-refractivity contribution is 6.00. The second-order valence-electron chi connectivity index (χ2n) is 5.25. The minimum Gasteiger partial charge on any atom is -0.323 e. The van der Waals surface area contributed by atoms with Crippen LogP contribution >= 0.6 is 0 Å². The van der Waals surface area contributed by atoms with Gasteiger partial charge < -0.3 is 9.69 Å². The van der Waals surface area contributed by atoms with Gasteiger partial charge in [0.25, 0.3) is 0 Å². The van der Waals surface area contributed by atoms with Crippen LogP contribution in [0.5, 0.6) is 0 Å². The summed E-state index contributed by atoms with van der Waals surface area (Å²) in [4.78, 5) is 38.4. The van der Waals surface area contributed by atoms with E-state index >= 15 is 0 Å². The Hall–Kier alpha value is -1.65. The number of urea groups is 1. The highest BCUT2D eigenvalue weighted by Gasteiger charge is 2.46. The third kappa shape index (κ3) is 2.62. The van der Waals surface area contributed by atoms with E-state index in [4.69, 9.17) is 8.22 Å². The van der Waals surface area contributed by atoms with Crippen LogP contribution in [0.15, 0.2) is 11.6 Å². The summed E-state index contributed by atoms with van der Waals surface area (Å²) in [7, 11) is 0. The molecule has 0 spiro atoms. The second-order valence-corrected chi connectivity index (χ2v) is 5.25. The van der Waals surface area contributed by atoms with Crippen LogP contribution in [-0.2, 0) is 9.59 Å². The van der Waals surface area contributed by atoms with Crippen LogP contribution in [0.4, 0.5) is 4.79 Å². The highest BCUT2D eigenvalue weighted by atomic mass is 16.2. The molecule has 5 nitrogen and oxygen atoms in total. The lowest BCUT2D eigenvalue weighted by atomic mass is 9.93. The van der Waals surface area contributed by atoms with Gasteiger partial charge in [0.05, 0.1) is 12.0 Å². The van der Waals surface area contributed by atoms with Crippen LogP contribution in [-0.4, -0.2) is 47.1 Å². The van der Waals surface area contributed by atoms with E-state index in [1.54, 1.807) is 13.0 Å². The summed E-state index contributed by atoms with van der Waals surface area (Å²) in [5.41, 5.74) is 0.740. The Morgan fingerprint density at radius 2 is 2.25 bits per heavy atom. The van der Waals surface area contributed by atoms with Crippen molar-refractivity contribution in [2.24, 2.45) is 5.92 Å². The molecule has 110 valence electrons. The lowest BCUT2D eigenvalue weighted by Crippen LogP contribution is -2.59. The van der Waals surface area contributed by atoms with Crippen LogP contribution in [0, 0.1) is 5.92 Å². The predicted octanol–water partition coefficient (Wildman–Crippen LogP) is 1.97. The molecule has 0 aromatic rings. The van der Waals surface area contributed by atoms with Crippen molar-refractivity contribution in [3.05, 3.63) is 11.6 Å². The number of imide groups is 1. The maximum atomic E-state index is 12.7. The van der Waals surface area contributed by atoms with Crippen molar-refractivity contribution in [2.75, 3.05) is 13.5 Å². The smallest absolute Gasteiger partial charge is 0.323 e. The number of Topliss-reactive ketones (excluding diaryl/α,β-unsaturated/α-hetero) is 1. The number of amides is 3. The van der Waals surface area contributed by atoms with Gasteiger partial charge in [-0.15, -0.1) is 0 Å². The van der Waals surface area contributed by atoms with Gasteiger partial charge in [-0.05, 0) is 33.0 Å². The quantitative estimate of drug-likeness (QED) is 0.573. The molecule has 0 N–H and O–H groups in total. The number of rotatable bonds is 5. The molecule has 0 aromatic heterocycles.